The fourth-order valence-corrected chi connectivity index (χ4v) is 2.77. The highest BCUT2D eigenvalue weighted by molar-refractivity contribution is 7.80. The lowest BCUT2D eigenvalue weighted by Crippen LogP contribution is -2.40. The van der Waals surface area contributed by atoms with Crippen LogP contribution in [-0.4, -0.2) is 23.8 Å². The Labute approximate surface area is 136 Å². The quantitative estimate of drug-likeness (QED) is 0.726. The van der Waals surface area contributed by atoms with E-state index >= 15 is 0 Å². The lowest BCUT2D eigenvalue weighted by Gasteiger charge is -2.29. The lowest BCUT2D eigenvalue weighted by atomic mass is 9.86. The third-order valence-corrected chi connectivity index (χ3v) is 4.09. The van der Waals surface area contributed by atoms with Crippen LogP contribution in [0.3, 0.4) is 0 Å². The number of ether oxygens (including phenoxy) is 1. The first-order chi connectivity index (χ1) is 10.6. The van der Waals surface area contributed by atoms with Crippen molar-refractivity contribution >= 4 is 23.4 Å². The summed E-state index contributed by atoms with van der Waals surface area (Å²) in [6.07, 6.45) is 3.70. The molecule has 0 bridgehead atoms. The number of carbonyl (C=O) groups is 1. The normalized spacial score (nSPS) is 20.9. The number of benzene rings is 1. The van der Waals surface area contributed by atoms with Crippen molar-refractivity contribution in [3.63, 3.8) is 0 Å². The van der Waals surface area contributed by atoms with E-state index in [1.807, 2.05) is 30.3 Å². The number of alkyl carbamates (subject to hydrolysis) is 1. The second-order valence-corrected chi connectivity index (χ2v) is 6.11. The molecule has 0 radical (unpaired) electrons. The molecule has 1 saturated carbocycles. The second kappa shape index (κ2) is 8.58. The molecule has 0 spiro atoms. The monoisotopic (exact) mass is 321 g/mol. The number of hydrogen-bond acceptors (Lipinski definition) is 3. The first kappa shape index (κ1) is 16.5. The molecule has 1 aliphatic carbocycles. The third kappa shape index (κ3) is 5.89. The molecule has 1 amide bonds. The Kier molecular flexibility index (Phi) is 6.45. The number of nitrogens with two attached hydrogens (primary N) is 1. The van der Waals surface area contributed by atoms with Gasteiger partial charge in [-0.1, -0.05) is 30.3 Å². The Hall–Kier alpha value is -1.82. The van der Waals surface area contributed by atoms with Crippen LogP contribution in [0.4, 0.5) is 4.79 Å². The van der Waals surface area contributed by atoms with Gasteiger partial charge in [-0.3, -0.25) is 0 Å². The minimum absolute atomic E-state index is 0.198. The molecule has 0 atom stereocenters. The van der Waals surface area contributed by atoms with Crippen molar-refractivity contribution in [3.05, 3.63) is 35.9 Å². The second-order valence-electron chi connectivity index (χ2n) is 5.67. The minimum Gasteiger partial charge on any atom is -0.445 e. The zero-order chi connectivity index (χ0) is 15.8. The zero-order valence-corrected chi connectivity index (χ0v) is 13.4. The molecule has 1 aliphatic rings. The van der Waals surface area contributed by atoms with E-state index in [1.165, 1.54) is 0 Å². The Balaban J connectivity index is 1.63. The average Bonchev–Trinajstić information content (AvgIpc) is 2.53. The van der Waals surface area contributed by atoms with Crippen molar-refractivity contribution in [2.75, 3.05) is 6.54 Å². The van der Waals surface area contributed by atoms with Gasteiger partial charge in [0.15, 0.2) is 5.11 Å². The van der Waals surface area contributed by atoms with Crippen molar-refractivity contribution in [2.24, 2.45) is 11.7 Å². The summed E-state index contributed by atoms with van der Waals surface area (Å²) in [6, 6.07) is 9.87. The van der Waals surface area contributed by atoms with E-state index in [0.717, 1.165) is 37.8 Å². The van der Waals surface area contributed by atoms with E-state index in [-0.39, 0.29) is 12.1 Å². The summed E-state index contributed by atoms with van der Waals surface area (Å²) in [4.78, 5) is 11.8. The number of amides is 1. The van der Waals surface area contributed by atoms with E-state index < -0.39 is 0 Å². The van der Waals surface area contributed by atoms with Crippen molar-refractivity contribution in [3.8, 4) is 0 Å². The van der Waals surface area contributed by atoms with Gasteiger partial charge in [0.2, 0.25) is 0 Å². The van der Waals surface area contributed by atoms with Crippen LogP contribution in [0.1, 0.15) is 31.2 Å². The van der Waals surface area contributed by atoms with Crippen LogP contribution < -0.4 is 16.4 Å². The standard InChI is InChI=1S/C16H23N3O2S/c17-15(22)18-10-12-6-8-14(9-7-12)19-16(20)21-11-13-4-2-1-3-5-13/h1-5,12,14H,6-11H2,(H,19,20)(H3,17,18,22)/t12-,14-. The highest BCUT2D eigenvalue weighted by Crippen LogP contribution is 2.23. The fourth-order valence-electron chi connectivity index (χ4n) is 2.69. The van der Waals surface area contributed by atoms with Gasteiger partial charge in [0.05, 0.1) is 0 Å². The minimum atomic E-state index is -0.339. The number of thiocarbonyl (C=S) groups is 1. The average molecular weight is 321 g/mol. The third-order valence-electron chi connectivity index (χ3n) is 3.95. The Morgan fingerprint density at radius 2 is 1.91 bits per heavy atom. The molecule has 6 heteroatoms. The van der Waals surface area contributed by atoms with Crippen molar-refractivity contribution in [1.29, 1.82) is 0 Å². The topological polar surface area (TPSA) is 76.4 Å². The molecule has 0 heterocycles. The molecular formula is C16H23N3O2S. The van der Waals surface area contributed by atoms with E-state index in [2.05, 4.69) is 10.6 Å². The van der Waals surface area contributed by atoms with Gasteiger partial charge in [0.25, 0.3) is 0 Å². The van der Waals surface area contributed by atoms with Crippen LogP contribution in [0.15, 0.2) is 30.3 Å². The summed E-state index contributed by atoms with van der Waals surface area (Å²) < 4.78 is 5.24. The molecule has 0 aliphatic heterocycles. The molecule has 4 N–H and O–H groups in total. The Bertz CT molecular complexity index is 487. The maximum absolute atomic E-state index is 11.8. The van der Waals surface area contributed by atoms with Gasteiger partial charge in [0.1, 0.15) is 6.61 Å². The fraction of sp³-hybridized carbons (Fsp3) is 0.500. The van der Waals surface area contributed by atoms with Gasteiger partial charge in [-0.2, -0.15) is 0 Å². The molecule has 5 nitrogen and oxygen atoms in total. The largest absolute Gasteiger partial charge is 0.445 e. The van der Waals surface area contributed by atoms with Crippen LogP contribution in [0.2, 0.25) is 0 Å². The molecule has 1 aromatic carbocycles. The summed E-state index contributed by atoms with van der Waals surface area (Å²) in [7, 11) is 0. The smallest absolute Gasteiger partial charge is 0.407 e. The first-order valence-electron chi connectivity index (χ1n) is 7.64. The molecule has 0 unspecified atom stereocenters. The Morgan fingerprint density at radius 1 is 1.23 bits per heavy atom. The number of carbonyl (C=O) groups excluding carboxylic acids is 1. The van der Waals surface area contributed by atoms with Gasteiger partial charge in [-0.15, -0.1) is 0 Å². The van der Waals surface area contributed by atoms with E-state index in [0.29, 0.717) is 17.6 Å². The van der Waals surface area contributed by atoms with Gasteiger partial charge in [-0.25, -0.2) is 4.79 Å². The van der Waals surface area contributed by atoms with E-state index in [4.69, 9.17) is 22.7 Å². The molecule has 22 heavy (non-hydrogen) atoms. The van der Waals surface area contributed by atoms with Crippen LogP contribution >= 0.6 is 12.2 Å². The summed E-state index contributed by atoms with van der Waals surface area (Å²) in [6.45, 7) is 1.13. The maximum Gasteiger partial charge on any atom is 0.407 e. The first-order valence-corrected chi connectivity index (χ1v) is 8.05. The molecule has 2 rings (SSSR count). The summed E-state index contributed by atoms with van der Waals surface area (Å²) in [5.41, 5.74) is 6.42. The highest BCUT2D eigenvalue weighted by Gasteiger charge is 2.22. The van der Waals surface area contributed by atoms with Crippen molar-refractivity contribution in [2.45, 2.75) is 38.3 Å². The molecule has 0 aromatic heterocycles. The lowest BCUT2D eigenvalue weighted by molar-refractivity contribution is 0.131. The van der Waals surface area contributed by atoms with Crippen LogP contribution in [-0.2, 0) is 11.3 Å². The van der Waals surface area contributed by atoms with Gasteiger partial charge in [-0.05, 0) is 49.4 Å². The molecule has 1 fully saturated rings. The molecule has 120 valence electrons. The summed E-state index contributed by atoms with van der Waals surface area (Å²) in [5.74, 6) is 0.569. The van der Waals surface area contributed by atoms with Gasteiger partial charge < -0.3 is 21.1 Å². The zero-order valence-electron chi connectivity index (χ0n) is 12.6. The molecule has 0 saturated heterocycles. The maximum atomic E-state index is 11.8. The number of nitrogens with one attached hydrogen (secondary N) is 2. The van der Waals surface area contributed by atoms with Crippen LogP contribution in [0, 0.1) is 5.92 Å². The summed E-state index contributed by atoms with van der Waals surface area (Å²) >= 11 is 4.81. The van der Waals surface area contributed by atoms with E-state index in [1.54, 1.807) is 0 Å². The van der Waals surface area contributed by atoms with Crippen LogP contribution in [0.5, 0.6) is 0 Å². The molecular weight excluding hydrogens is 298 g/mol. The van der Waals surface area contributed by atoms with Crippen molar-refractivity contribution in [1.82, 2.24) is 10.6 Å². The highest BCUT2D eigenvalue weighted by atomic mass is 32.1. The SMILES string of the molecule is NC(=S)NC[C@H]1CC[C@H](NC(=O)OCc2ccccc2)CC1. The Morgan fingerprint density at radius 3 is 2.55 bits per heavy atom. The van der Waals surface area contributed by atoms with Crippen molar-refractivity contribution < 1.29 is 9.53 Å². The predicted octanol–water partition coefficient (Wildman–Crippen LogP) is 2.30. The molecule has 1 aromatic rings. The number of hydrogen-bond donors (Lipinski definition) is 3. The summed E-state index contributed by atoms with van der Waals surface area (Å²) in [5, 5.41) is 6.30. The van der Waals surface area contributed by atoms with Gasteiger partial charge in [0, 0.05) is 12.6 Å². The number of rotatable bonds is 5. The van der Waals surface area contributed by atoms with E-state index in [9.17, 15) is 4.79 Å². The van der Waals surface area contributed by atoms with Crippen LogP contribution in [0.25, 0.3) is 0 Å². The predicted molar refractivity (Wildman–Crippen MR) is 90.3 cm³/mol. The van der Waals surface area contributed by atoms with Gasteiger partial charge >= 0.3 is 6.09 Å².